The highest BCUT2D eigenvalue weighted by atomic mass is 16.3. The Bertz CT molecular complexity index is 1380. The van der Waals surface area contributed by atoms with Crippen molar-refractivity contribution < 1.29 is 5.11 Å². The van der Waals surface area contributed by atoms with Crippen LogP contribution in [0.15, 0.2) is 64.2 Å². The Labute approximate surface area is 178 Å². The van der Waals surface area contributed by atoms with E-state index in [0.29, 0.717) is 23.7 Å². The van der Waals surface area contributed by atoms with Gasteiger partial charge in [0.25, 0.3) is 5.56 Å². The second kappa shape index (κ2) is 7.24. The monoisotopic (exact) mass is 417 g/mol. The molecule has 0 spiro atoms. The van der Waals surface area contributed by atoms with Crippen molar-refractivity contribution in [1.82, 2.24) is 18.7 Å². The zero-order chi connectivity index (χ0) is 21.7. The van der Waals surface area contributed by atoms with Crippen LogP contribution in [0.5, 0.6) is 0 Å². The molecule has 1 atom stereocenters. The number of hydrogen-bond donors (Lipinski definition) is 1. The van der Waals surface area contributed by atoms with Gasteiger partial charge in [0.05, 0.1) is 25.7 Å². The summed E-state index contributed by atoms with van der Waals surface area (Å²) in [5, 5.41) is 10.5. The second-order valence-corrected chi connectivity index (χ2v) is 8.01. The molecule has 2 aromatic heterocycles. The van der Waals surface area contributed by atoms with E-state index in [1.807, 2.05) is 66.4 Å². The molecule has 8 nitrogen and oxygen atoms in total. The van der Waals surface area contributed by atoms with Crippen LogP contribution >= 0.6 is 0 Å². The Morgan fingerprint density at radius 3 is 2.45 bits per heavy atom. The van der Waals surface area contributed by atoms with Crippen molar-refractivity contribution in [2.45, 2.75) is 26.1 Å². The highest BCUT2D eigenvalue weighted by molar-refractivity contribution is 5.77. The third-order valence-corrected chi connectivity index (χ3v) is 5.77. The lowest BCUT2D eigenvalue weighted by Gasteiger charge is -2.32. The van der Waals surface area contributed by atoms with Crippen LogP contribution in [0.3, 0.4) is 0 Å². The van der Waals surface area contributed by atoms with E-state index in [-0.39, 0.29) is 13.1 Å². The van der Waals surface area contributed by atoms with Gasteiger partial charge in [0, 0.05) is 12.7 Å². The molecule has 31 heavy (non-hydrogen) atoms. The summed E-state index contributed by atoms with van der Waals surface area (Å²) in [4.78, 5) is 33.0. The number of imidazole rings is 1. The van der Waals surface area contributed by atoms with Crippen LogP contribution in [0.2, 0.25) is 0 Å². The molecule has 3 heterocycles. The summed E-state index contributed by atoms with van der Waals surface area (Å²) in [5.74, 6) is 0.548. The van der Waals surface area contributed by atoms with E-state index in [1.54, 1.807) is 11.6 Å². The summed E-state index contributed by atoms with van der Waals surface area (Å²) in [6, 6.07) is 17.3. The zero-order valence-electron chi connectivity index (χ0n) is 17.4. The number of rotatable bonds is 3. The van der Waals surface area contributed by atoms with E-state index in [0.717, 1.165) is 16.8 Å². The van der Waals surface area contributed by atoms with Crippen molar-refractivity contribution in [2.24, 2.45) is 7.05 Å². The average molecular weight is 417 g/mol. The van der Waals surface area contributed by atoms with Gasteiger partial charge in [-0.2, -0.15) is 4.98 Å². The molecule has 0 fully saturated rings. The Morgan fingerprint density at radius 2 is 1.74 bits per heavy atom. The first-order valence-corrected chi connectivity index (χ1v) is 10.2. The van der Waals surface area contributed by atoms with Gasteiger partial charge in [0.15, 0.2) is 11.2 Å². The topological polar surface area (TPSA) is 85.3 Å². The van der Waals surface area contributed by atoms with Gasteiger partial charge in [-0.25, -0.2) is 4.79 Å². The molecule has 0 saturated heterocycles. The van der Waals surface area contributed by atoms with Crippen molar-refractivity contribution in [3.05, 3.63) is 86.6 Å². The Kier molecular flexibility index (Phi) is 4.51. The molecule has 0 unspecified atom stereocenters. The van der Waals surface area contributed by atoms with Gasteiger partial charge in [-0.1, -0.05) is 48.0 Å². The van der Waals surface area contributed by atoms with E-state index in [1.165, 1.54) is 9.13 Å². The number of fused-ring (bicyclic) bond motifs is 3. The fourth-order valence-corrected chi connectivity index (χ4v) is 4.14. The first-order chi connectivity index (χ1) is 14.9. The molecule has 158 valence electrons. The maximum Gasteiger partial charge on any atom is 0.332 e. The van der Waals surface area contributed by atoms with E-state index < -0.39 is 17.4 Å². The van der Waals surface area contributed by atoms with Crippen LogP contribution in [0.25, 0.3) is 11.2 Å². The molecule has 0 amide bonds. The second-order valence-electron chi connectivity index (χ2n) is 8.01. The molecule has 0 aliphatic carbocycles. The maximum atomic E-state index is 13.4. The van der Waals surface area contributed by atoms with Gasteiger partial charge in [-0.15, -0.1) is 0 Å². The Hall–Kier alpha value is -3.65. The number of para-hydroxylation sites is 1. The minimum absolute atomic E-state index is 0.174. The molecule has 1 aliphatic rings. The van der Waals surface area contributed by atoms with E-state index in [9.17, 15) is 14.7 Å². The van der Waals surface area contributed by atoms with Crippen molar-refractivity contribution in [2.75, 3.05) is 11.4 Å². The summed E-state index contributed by atoms with van der Waals surface area (Å²) < 4.78 is 4.37. The molecule has 1 aliphatic heterocycles. The number of nitrogens with zero attached hydrogens (tertiary/aromatic N) is 5. The fourth-order valence-electron chi connectivity index (χ4n) is 4.14. The lowest BCUT2D eigenvalue weighted by Crippen LogP contribution is -2.41. The van der Waals surface area contributed by atoms with Crippen molar-refractivity contribution in [3.63, 3.8) is 0 Å². The number of aliphatic hydroxyl groups is 1. The van der Waals surface area contributed by atoms with Crippen molar-refractivity contribution in [1.29, 1.82) is 0 Å². The largest absolute Gasteiger partial charge is 0.389 e. The summed E-state index contributed by atoms with van der Waals surface area (Å²) >= 11 is 0. The fraction of sp³-hybridized carbons (Fsp3) is 0.261. The normalized spacial score (nSPS) is 16.0. The highest BCUT2D eigenvalue weighted by Gasteiger charge is 2.30. The lowest BCUT2D eigenvalue weighted by atomic mass is 10.1. The Balaban J connectivity index is 1.72. The van der Waals surface area contributed by atoms with Crippen LogP contribution in [0.4, 0.5) is 11.6 Å². The third kappa shape index (κ3) is 3.16. The predicted octanol–water partition coefficient (Wildman–Crippen LogP) is 1.77. The predicted molar refractivity (Wildman–Crippen MR) is 119 cm³/mol. The average Bonchev–Trinajstić information content (AvgIpc) is 3.16. The maximum absolute atomic E-state index is 13.4. The SMILES string of the molecule is Cc1ccc(Cn2c(=O)c3c(nc4n3C[C@H](O)CN4c3ccccc3)n(C)c2=O)cc1. The van der Waals surface area contributed by atoms with Crippen molar-refractivity contribution >= 4 is 22.8 Å². The number of hydrogen-bond acceptors (Lipinski definition) is 5. The first-order valence-electron chi connectivity index (χ1n) is 10.2. The third-order valence-electron chi connectivity index (χ3n) is 5.77. The van der Waals surface area contributed by atoms with E-state index in [4.69, 9.17) is 0 Å². The zero-order valence-corrected chi connectivity index (χ0v) is 17.4. The summed E-state index contributed by atoms with van der Waals surface area (Å²) in [7, 11) is 1.62. The quantitative estimate of drug-likeness (QED) is 0.549. The van der Waals surface area contributed by atoms with Gasteiger partial charge in [0.1, 0.15) is 0 Å². The van der Waals surface area contributed by atoms with Crippen molar-refractivity contribution in [3.8, 4) is 0 Å². The van der Waals surface area contributed by atoms with E-state index >= 15 is 0 Å². The van der Waals surface area contributed by atoms with Crippen LogP contribution in [-0.2, 0) is 20.1 Å². The van der Waals surface area contributed by atoms with Gasteiger partial charge < -0.3 is 14.6 Å². The smallest absolute Gasteiger partial charge is 0.332 e. The minimum Gasteiger partial charge on any atom is -0.389 e. The summed E-state index contributed by atoms with van der Waals surface area (Å²) in [6.07, 6.45) is -0.674. The van der Waals surface area contributed by atoms with Crippen LogP contribution in [-0.4, -0.2) is 36.4 Å². The first kappa shape index (κ1) is 19.3. The molecule has 8 heteroatoms. The molecule has 2 aromatic carbocycles. The number of anilines is 2. The molecule has 1 N–H and O–H groups in total. The number of β-amino-alcohol motifs (C(OH)–C–C–N with tert-alkyl or cyclic N) is 1. The van der Waals surface area contributed by atoms with Crippen LogP contribution in [0.1, 0.15) is 11.1 Å². The number of aromatic nitrogens is 4. The molecular weight excluding hydrogens is 394 g/mol. The van der Waals surface area contributed by atoms with Crippen LogP contribution < -0.4 is 16.1 Å². The van der Waals surface area contributed by atoms with Gasteiger partial charge in [-0.05, 0) is 24.6 Å². The lowest BCUT2D eigenvalue weighted by molar-refractivity contribution is 0.154. The molecule has 0 bridgehead atoms. The number of aryl methyl sites for hydroxylation is 2. The molecular formula is C23H23N5O3. The van der Waals surface area contributed by atoms with Gasteiger partial charge >= 0.3 is 5.69 Å². The standard InChI is InChI=1S/C23H23N5O3/c1-15-8-10-16(11-9-15)12-28-21(30)19-20(25(2)23(28)31)24-22-26(13-18(29)14-27(19)22)17-6-4-3-5-7-17/h3-11,18,29H,12-14H2,1-2H3/t18-/m1/s1. The molecule has 0 radical (unpaired) electrons. The van der Waals surface area contributed by atoms with E-state index in [2.05, 4.69) is 4.98 Å². The molecule has 5 rings (SSSR count). The minimum atomic E-state index is -0.674. The summed E-state index contributed by atoms with van der Waals surface area (Å²) in [5.41, 5.74) is 2.67. The Morgan fingerprint density at radius 1 is 1.03 bits per heavy atom. The molecule has 0 saturated carbocycles. The van der Waals surface area contributed by atoms with Gasteiger partial charge in [0.2, 0.25) is 5.95 Å². The number of benzene rings is 2. The van der Waals surface area contributed by atoms with Crippen LogP contribution in [0, 0.1) is 6.92 Å². The molecule has 4 aromatic rings. The highest BCUT2D eigenvalue weighted by Crippen LogP contribution is 2.30. The number of aliphatic hydroxyl groups excluding tert-OH is 1. The summed E-state index contributed by atoms with van der Waals surface area (Å²) in [6.45, 7) is 2.77. The van der Waals surface area contributed by atoms with Gasteiger partial charge in [-0.3, -0.25) is 13.9 Å².